The fourth-order valence-corrected chi connectivity index (χ4v) is 4.39. The minimum atomic E-state index is -4.37. The van der Waals surface area contributed by atoms with Crippen molar-refractivity contribution in [3.63, 3.8) is 0 Å². The minimum absolute atomic E-state index is 0.0959. The molecule has 0 aromatic heterocycles. The Labute approximate surface area is 205 Å². The van der Waals surface area contributed by atoms with Gasteiger partial charge in [0.2, 0.25) is 0 Å². The first-order valence-corrected chi connectivity index (χ1v) is 13.0. The topological polar surface area (TPSA) is 207 Å². The Kier molecular flexibility index (Phi) is 12.4. The van der Waals surface area contributed by atoms with Crippen LogP contribution in [0.4, 0.5) is 4.79 Å². The maximum atomic E-state index is 12.3. The molecule has 0 spiro atoms. The van der Waals surface area contributed by atoms with Crippen molar-refractivity contribution in [1.82, 2.24) is 9.99 Å². The van der Waals surface area contributed by atoms with Crippen LogP contribution in [0.25, 0.3) is 0 Å². The van der Waals surface area contributed by atoms with Crippen molar-refractivity contribution < 1.29 is 43.3 Å². The monoisotopic (exact) mass is 522 g/mol. The van der Waals surface area contributed by atoms with Gasteiger partial charge < -0.3 is 36.0 Å². The van der Waals surface area contributed by atoms with E-state index in [0.29, 0.717) is 12.8 Å². The number of rotatable bonds is 15. The van der Waals surface area contributed by atoms with Crippen molar-refractivity contribution in [2.24, 2.45) is 17.4 Å². The van der Waals surface area contributed by atoms with E-state index < -0.39 is 44.4 Å². The molecule has 13 nitrogen and oxygen atoms in total. The molecule has 0 aromatic carbocycles. The molecule has 8 N–H and O–H groups in total. The van der Waals surface area contributed by atoms with Crippen molar-refractivity contribution in [3.05, 3.63) is 24.6 Å². The molecular weight excluding hydrogens is 483 g/mol. The molecule has 0 radical (unpaired) electrons. The predicted molar refractivity (Wildman–Crippen MR) is 127 cm³/mol. The molecular formula is C21H39N4O9P. The van der Waals surface area contributed by atoms with Gasteiger partial charge in [-0.05, 0) is 25.8 Å². The Balaban J connectivity index is 2.64. The van der Waals surface area contributed by atoms with Gasteiger partial charge in [-0.25, -0.2) is 14.4 Å². The number of carbonyl (C=O) groups excluding carboxylic acids is 2. The maximum Gasteiger partial charge on any atom is 0.403 e. The standard InChI is InChI=1S/C21H39N4O9P/c1-5-7-15(8-6-2)18(27)32-12-10-24-35(30,31)33-13-16-17(26)21(4,29)19(34-16)25(20(23)28)11-9-14(3)22/h9,11,15-17,19,26,29H,3,5-8,10,12-13,22H2,1-2,4H3,(H2,23,28)(H2,24,30,31)/b11-9-/t16-,17-,19-,21-/m1/s1. The van der Waals surface area contributed by atoms with Gasteiger partial charge in [0, 0.05) is 18.4 Å². The number of carbonyl (C=O) groups is 2. The number of urea groups is 1. The first kappa shape index (κ1) is 31.0. The van der Waals surface area contributed by atoms with Crippen LogP contribution in [0.3, 0.4) is 0 Å². The number of nitrogens with zero attached hydrogens (tertiary/aromatic N) is 1. The van der Waals surface area contributed by atoms with Crippen molar-refractivity contribution in [3.8, 4) is 0 Å². The average Bonchev–Trinajstić information content (AvgIpc) is 2.98. The first-order chi connectivity index (χ1) is 16.3. The molecule has 1 aliphatic heterocycles. The van der Waals surface area contributed by atoms with Crippen molar-refractivity contribution in [1.29, 1.82) is 0 Å². The number of hydrogen-bond donors (Lipinski definition) is 6. The number of nitrogens with one attached hydrogen (secondary N) is 1. The van der Waals surface area contributed by atoms with E-state index in [1.54, 1.807) is 0 Å². The highest BCUT2D eigenvalue weighted by atomic mass is 31.2. The molecule has 0 aromatic rings. The Morgan fingerprint density at radius 3 is 2.43 bits per heavy atom. The van der Waals surface area contributed by atoms with Crippen LogP contribution in [0, 0.1) is 5.92 Å². The summed E-state index contributed by atoms with van der Waals surface area (Å²) in [6, 6.07) is -1.01. The summed E-state index contributed by atoms with van der Waals surface area (Å²) in [6.07, 6.45) is 1.15. The van der Waals surface area contributed by atoms with Gasteiger partial charge in [-0.1, -0.05) is 33.3 Å². The Bertz CT molecular complexity index is 802. The maximum absolute atomic E-state index is 12.3. The zero-order valence-electron chi connectivity index (χ0n) is 20.5. The van der Waals surface area contributed by atoms with E-state index in [9.17, 15) is 29.3 Å². The quantitative estimate of drug-likeness (QED) is 0.0762. The number of ether oxygens (including phenoxy) is 2. The highest BCUT2D eigenvalue weighted by molar-refractivity contribution is 7.50. The number of hydrogen-bond acceptors (Lipinski definition) is 9. The van der Waals surface area contributed by atoms with Crippen LogP contribution < -0.4 is 16.6 Å². The Hall–Kier alpha value is -1.99. The lowest BCUT2D eigenvalue weighted by molar-refractivity contribution is -0.148. The summed E-state index contributed by atoms with van der Waals surface area (Å²) in [5, 5.41) is 23.4. The van der Waals surface area contributed by atoms with Crippen LogP contribution in [0.2, 0.25) is 0 Å². The van der Waals surface area contributed by atoms with E-state index in [4.69, 9.17) is 25.5 Å². The number of amides is 2. The summed E-state index contributed by atoms with van der Waals surface area (Å²) in [7, 11) is -4.37. The van der Waals surface area contributed by atoms with E-state index >= 15 is 0 Å². The van der Waals surface area contributed by atoms with Crippen LogP contribution in [-0.2, 0) is 23.4 Å². The molecule has 1 rings (SSSR count). The van der Waals surface area contributed by atoms with Gasteiger partial charge in [0.25, 0.3) is 0 Å². The van der Waals surface area contributed by atoms with E-state index in [-0.39, 0.29) is 30.7 Å². The molecule has 1 aliphatic rings. The third-order valence-corrected chi connectivity index (χ3v) is 6.51. The summed E-state index contributed by atoms with van der Waals surface area (Å²) < 4.78 is 27.9. The number of allylic oxidation sites excluding steroid dienone is 1. The van der Waals surface area contributed by atoms with Gasteiger partial charge in [-0.15, -0.1) is 0 Å². The van der Waals surface area contributed by atoms with Crippen molar-refractivity contribution >= 4 is 19.7 Å². The lowest BCUT2D eigenvalue weighted by atomic mass is 9.96. The molecule has 14 heteroatoms. The third kappa shape index (κ3) is 9.53. The smallest absolute Gasteiger partial charge is 0.403 e. The van der Waals surface area contributed by atoms with Crippen LogP contribution in [0.5, 0.6) is 0 Å². The van der Waals surface area contributed by atoms with Gasteiger partial charge in [0.1, 0.15) is 24.4 Å². The normalized spacial score (nSPS) is 26.1. The molecule has 35 heavy (non-hydrogen) atoms. The molecule has 202 valence electrons. The number of esters is 1. The van der Waals surface area contributed by atoms with Gasteiger partial charge in [0.15, 0.2) is 6.23 Å². The molecule has 0 saturated carbocycles. The fraction of sp³-hybridized carbons (Fsp3) is 0.714. The summed E-state index contributed by atoms with van der Waals surface area (Å²) in [6.45, 7) is 7.71. The summed E-state index contributed by atoms with van der Waals surface area (Å²) in [4.78, 5) is 34.8. The minimum Gasteiger partial charge on any atom is -0.464 e. The second-order valence-electron chi connectivity index (χ2n) is 8.50. The lowest BCUT2D eigenvalue weighted by Crippen LogP contribution is -2.54. The Morgan fingerprint density at radius 1 is 1.31 bits per heavy atom. The highest BCUT2D eigenvalue weighted by Gasteiger charge is 2.55. The molecule has 1 saturated heterocycles. The van der Waals surface area contributed by atoms with Gasteiger partial charge in [0.05, 0.1) is 12.5 Å². The van der Waals surface area contributed by atoms with Gasteiger partial charge >= 0.3 is 19.7 Å². The molecule has 0 bridgehead atoms. The molecule has 1 unspecified atom stereocenters. The molecule has 1 heterocycles. The zero-order valence-corrected chi connectivity index (χ0v) is 21.4. The third-order valence-electron chi connectivity index (χ3n) is 5.39. The number of aliphatic hydroxyl groups excluding tert-OH is 1. The molecule has 0 aliphatic carbocycles. The largest absolute Gasteiger partial charge is 0.464 e. The summed E-state index contributed by atoms with van der Waals surface area (Å²) in [5.74, 6) is -0.562. The predicted octanol–water partition coefficient (Wildman–Crippen LogP) is 0.656. The molecule has 1 fully saturated rings. The average molecular weight is 523 g/mol. The second kappa shape index (κ2) is 13.9. The van der Waals surface area contributed by atoms with Gasteiger partial charge in [-0.2, -0.15) is 0 Å². The second-order valence-corrected chi connectivity index (χ2v) is 10.1. The lowest BCUT2D eigenvalue weighted by Gasteiger charge is -2.32. The number of primary amides is 1. The van der Waals surface area contributed by atoms with E-state index in [0.717, 1.165) is 23.9 Å². The van der Waals surface area contributed by atoms with Crippen LogP contribution in [0.15, 0.2) is 24.6 Å². The highest BCUT2D eigenvalue weighted by Crippen LogP contribution is 2.40. The van der Waals surface area contributed by atoms with E-state index in [1.807, 2.05) is 13.8 Å². The Morgan fingerprint density at radius 2 is 1.91 bits per heavy atom. The molecule has 5 atom stereocenters. The van der Waals surface area contributed by atoms with E-state index in [1.165, 1.54) is 13.0 Å². The van der Waals surface area contributed by atoms with Crippen LogP contribution in [-0.4, -0.2) is 75.8 Å². The first-order valence-electron chi connectivity index (χ1n) is 11.4. The molecule has 2 amide bonds. The number of aliphatic hydroxyl groups is 2. The van der Waals surface area contributed by atoms with Crippen LogP contribution in [0.1, 0.15) is 46.5 Å². The number of nitrogens with two attached hydrogens (primary N) is 2. The summed E-state index contributed by atoms with van der Waals surface area (Å²) >= 11 is 0. The van der Waals surface area contributed by atoms with Gasteiger partial charge in [-0.3, -0.25) is 14.2 Å². The zero-order chi connectivity index (χ0) is 26.8. The van der Waals surface area contributed by atoms with E-state index in [2.05, 4.69) is 11.7 Å². The van der Waals surface area contributed by atoms with Crippen molar-refractivity contribution in [2.75, 3.05) is 19.8 Å². The SMILES string of the molecule is C=C(N)/C=C\N(C(N)=O)[C@@H]1O[C@H](COP(=O)(O)NCCOC(=O)C(CCC)CCC)[C@@H](O)[C@@]1(C)O. The van der Waals surface area contributed by atoms with Crippen molar-refractivity contribution in [2.45, 2.75) is 70.5 Å². The van der Waals surface area contributed by atoms with Crippen LogP contribution >= 0.6 is 7.75 Å². The fourth-order valence-electron chi connectivity index (χ4n) is 3.57. The summed E-state index contributed by atoms with van der Waals surface area (Å²) in [5.41, 5.74) is 8.86.